The third kappa shape index (κ3) is 6.50. The second kappa shape index (κ2) is 11.6. The fourth-order valence-corrected chi connectivity index (χ4v) is 5.60. The Labute approximate surface area is 232 Å². The van der Waals surface area contributed by atoms with Gasteiger partial charge >= 0.3 is 0 Å². The molecule has 2 saturated carbocycles. The van der Waals surface area contributed by atoms with Crippen molar-refractivity contribution in [1.29, 1.82) is 0 Å². The molecule has 2 amide bonds. The molecule has 11 heteroatoms. The summed E-state index contributed by atoms with van der Waals surface area (Å²) in [5, 5.41) is 10.2. The van der Waals surface area contributed by atoms with Crippen molar-refractivity contribution in [1.82, 2.24) is 30.2 Å². The van der Waals surface area contributed by atoms with Crippen LogP contribution in [0.4, 0.5) is 8.78 Å². The second-order valence-corrected chi connectivity index (χ2v) is 11.8. The molecule has 0 saturated heterocycles. The molecule has 0 aromatic carbocycles. The predicted molar refractivity (Wildman–Crippen MR) is 144 cm³/mol. The topological polar surface area (TPSA) is 114 Å². The van der Waals surface area contributed by atoms with Crippen LogP contribution in [0.15, 0.2) is 29.2 Å². The standard InChI is InChI=1S/C29H38F2N6O3/c1-4-5-21-20(16-40-36-21)27(39)35-26(19-8-11-29(30,31)12-9-19)23-15-37-13-10-22(32-28(37)33-23)25(18-6-7-18)34-24(38)14-17(2)3/h10,13,15-19,25-26H,4-9,11-12,14H2,1-3H3,(H,34,38)(H,35,39)/t25-,26-/m0/s1. The van der Waals surface area contributed by atoms with Gasteiger partial charge in [-0.25, -0.2) is 18.7 Å². The summed E-state index contributed by atoms with van der Waals surface area (Å²) in [6.07, 6.45) is 8.96. The fraction of sp³-hybridized carbons (Fsp3) is 0.621. The van der Waals surface area contributed by atoms with Gasteiger partial charge in [0.2, 0.25) is 17.6 Å². The summed E-state index contributed by atoms with van der Waals surface area (Å²) in [6.45, 7) is 6.01. The molecule has 5 rings (SSSR count). The van der Waals surface area contributed by atoms with Crippen LogP contribution in [-0.4, -0.2) is 37.3 Å². The average molecular weight is 557 g/mol. The van der Waals surface area contributed by atoms with Crippen LogP contribution >= 0.6 is 0 Å². The van der Waals surface area contributed by atoms with E-state index in [1.54, 1.807) is 10.6 Å². The molecule has 3 aromatic rings. The van der Waals surface area contributed by atoms with Crippen LogP contribution in [0, 0.1) is 17.8 Å². The van der Waals surface area contributed by atoms with Crippen LogP contribution in [0.2, 0.25) is 0 Å². The van der Waals surface area contributed by atoms with E-state index < -0.39 is 12.0 Å². The molecule has 0 aliphatic heterocycles. The molecule has 3 aromatic heterocycles. The number of carbonyl (C=O) groups is 2. The van der Waals surface area contributed by atoms with Crippen LogP contribution < -0.4 is 10.6 Å². The first-order valence-corrected chi connectivity index (χ1v) is 14.4. The number of aryl methyl sites for hydroxylation is 1. The third-order valence-corrected chi connectivity index (χ3v) is 7.90. The van der Waals surface area contributed by atoms with Crippen molar-refractivity contribution in [3.8, 4) is 0 Å². The van der Waals surface area contributed by atoms with Gasteiger partial charge in [0.15, 0.2) is 0 Å². The van der Waals surface area contributed by atoms with Gasteiger partial charge in [0.25, 0.3) is 5.91 Å². The van der Waals surface area contributed by atoms with Crippen LogP contribution in [-0.2, 0) is 11.2 Å². The number of aromatic nitrogens is 4. The highest BCUT2D eigenvalue weighted by Crippen LogP contribution is 2.42. The van der Waals surface area contributed by atoms with Crippen LogP contribution in [0.3, 0.4) is 0 Å². The largest absolute Gasteiger partial charge is 0.364 e. The van der Waals surface area contributed by atoms with Crippen molar-refractivity contribution < 1.29 is 22.9 Å². The zero-order valence-electron chi connectivity index (χ0n) is 23.3. The lowest BCUT2D eigenvalue weighted by atomic mass is 9.81. The Morgan fingerprint density at radius 2 is 1.75 bits per heavy atom. The molecule has 0 spiro atoms. The van der Waals surface area contributed by atoms with Gasteiger partial charge in [0.05, 0.1) is 29.2 Å². The molecule has 0 bridgehead atoms. The second-order valence-electron chi connectivity index (χ2n) is 11.8. The highest BCUT2D eigenvalue weighted by atomic mass is 19.3. The lowest BCUT2D eigenvalue weighted by molar-refractivity contribution is -0.122. The number of amides is 2. The zero-order valence-corrected chi connectivity index (χ0v) is 23.3. The van der Waals surface area contributed by atoms with Crippen molar-refractivity contribution in [2.24, 2.45) is 17.8 Å². The van der Waals surface area contributed by atoms with Crippen LogP contribution in [0.5, 0.6) is 0 Å². The third-order valence-electron chi connectivity index (χ3n) is 7.90. The van der Waals surface area contributed by atoms with E-state index in [0.717, 1.165) is 25.0 Å². The number of halogens is 2. The number of hydrogen-bond donors (Lipinski definition) is 2. The van der Waals surface area contributed by atoms with Crippen molar-refractivity contribution in [3.63, 3.8) is 0 Å². The van der Waals surface area contributed by atoms with E-state index in [2.05, 4.69) is 15.8 Å². The van der Waals surface area contributed by atoms with E-state index in [-0.39, 0.29) is 55.4 Å². The van der Waals surface area contributed by atoms with Crippen molar-refractivity contribution in [2.75, 3.05) is 0 Å². The molecule has 2 fully saturated rings. The normalized spacial score (nSPS) is 19.1. The van der Waals surface area contributed by atoms with E-state index in [9.17, 15) is 18.4 Å². The SMILES string of the molecule is CCCc1nocc1C(=O)N[C@H](c1cn2ccc([C@@H](NC(=O)CC(C)C)C3CC3)nc2n1)C1CCC(F)(F)CC1. The quantitative estimate of drug-likeness (QED) is 0.319. The summed E-state index contributed by atoms with van der Waals surface area (Å²) < 4.78 is 34.9. The van der Waals surface area contributed by atoms with Gasteiger partial charge < -0.3 is 15.2 Å². The van der Waals surface area contributed by atoms with Gasteiger partial charge in [0, 0.05) is 31.7 Å². The monoisotopic (exact) mass is 556 g/mol. The molecule has 2 aliphatic rings. The summed E-state index contributed by atoms with van der Waals surface area (Å²) in [5.74, 6) is -2.22. The highest BCUT2D eigenvalue weighted by molar-refractivity contribution is 5.95. The molecule has 0 unspecified atom stereocenters. The fourth-order valence-electron chi connectivity index (χ4n) is 5.60. The van der Waals surface area contributed by atoms with Crippen molar-refractivity contribution in [3.05, 3.63) is 47.4 Å². The first-order chi connectivity index (χ1) is 19.1. The van der Waals surface area contributed by atoms with Crippen LogP contribution in [0.25, 0.3) is 5.78 Å². The molecule has 216 valence electrons. The van der Waals surface area contributed by atoms with Gasteiger partial charge in [-0.15, -0.1) is 0 Å². The van der Waals surface area contributed by atoms with Gasteiger partial charge in [-0.3, -0.25) is 14.0 Å². The van der Waals surface area contributed by atoms with Crippen LogP contribution in [0.1, 0.15) is 112 Å². The molecule has 9 nitrogen and oxygen atoms in total. The van der Waals surface area contributed by atoms with E-state index in [1.165, 1.54) is 6.26 Å². The molecule has 2 N–H and O–H groups in total. The number of hydrogen-bond acceptors (Lipinski definition) is 6. The Hall–Kier alpha value is -3.37. The molecular weight excluding hydrogens is 518 g/mol. The Balaban J connectivity index is 1.42. The summed E-state index contributed by atoms with van der Waals surface area (Å²) in [6, 6.07) is 1.13. The minimum atomic E-state index is -2.69. The molecule has 2 aliphatic carbocycles. The molecule has 3 heterocycles. The maximum Gasteiger partial charge on any atom is 0.257 e. The predicted octanol–water partition coefficient (Wildman–Crippen LogP) is 5.58. The Morgan fingerprint density at radius 1 is 1.07 bits per heavy atom. The zero-order chi connectivity index (χ0) is 28.4. The minimum Gasteiger partial charge on any atom is -0.364 e. The van der Waals surface area contributed by atoms with Crippen molar-refractivity contribution >= 4 is 17.6 Å². The molecule has 2 atom stereocenters. The van der Waals surface area contributed by atoms with Crippen molar-refractivity contribution in [2.45, 2.75) is 96.6 Å². The molecular formula is C29H38F2N6O3. The average Bonchev–Trinajstić information content (AvgIpc) is 3.48. The minimum absolute atomic E-state index is 0.00524. The smallest absolute Gasteiger partial charge is 0.257 e. The highest BCUT2D eigenvalue weighted by Gasteiger charge is 2.40. The Morgan fingerprint density at radius 3 is 2.42 bits per heavy atom. The van der Waals surface area contributed by atoms with E-state index in [1.807, 2.05) is 33.0 Å². The number of nitrogens with one attached hydrogen (secondary N) is 2. The maximum atomic E-state index is 14.0. The lowest BCUT2D eigenvalue weighted by Crippen LogP contribution is -2.37. The molecule has 40 heavy (non-hydrogen) atoms. The van der Waals surface area contributed by atoms with Gasteiger partial charge in [0.1, 0.15) is 11.8 Å². The van der Waals surface area contributed by atoms with Gasteiger partial charge in [-0.2, -0.15) is 0 Å². The number of rotatable bonds is 11. The number of carbonyl (C=O) groups excluding carboxylic acids is 2. The first kappa shape index (κ1) is 28.2. The summed E-state index contributed by atoms with van der Waals surface area (Å²) in [7, 11) is 0. The number of nitrogens with zero attached hydrogens (tertiary/aromatic N) is 4. The van der Waals surface area contributed by atoms with E-state index in [4.69, 9.17) is 14.5 Å². The summed E-state index contributed by atoms with van der Waals surface area (Å²) in [5.41, 5.74) is 2.23. The lowest BCUT2D eigenvalue weighted by Gasteiger charge is -2.33. The number of alkyl halides is 2. The Kier molecular flexibility index (Phi) is 8.19. The number of fused-ring (bicyclic) bond motifs is 1. The summed E-state index contributed by atoms with van der Waals surface area (Å²) >= 11 is 0. The van der Waals surface area contributed by atoms with Gasteiger partial charge in [-0.1, -0.05) is 32.3 Å². The Bertz CT molecular complexity index is 1340. The van der Waals surface area contributed by atoms with Gasteiger partial charge in [-0.05, 0) is 55.9 Å². The maximum absolute atomic E-state index is 14.0. The summed E-state index contributed by atoms with van der Waals surface area (Å²) in [4.78, 5) is 35.4. The molecule has 0 radical (unpaired) electrons. The number of imidazole rings is 1. The van der Waals surface area contributed by atoms with E-state index in [0.29, 0.717) is 41.5 Å². The first-order valence-electron chi connectivity index (χ1n) is 14.4. The van der Waals surface area contributed by atoms with E-state index >= 15 is 0 Å².